The van der Waals surface area contributed by atoms with Crippen LogP contribution in [0.2, 0.25) is 0 Å². The summed E-state index contributed by atoms with van der Waals surface area (Å²) < 4.78 is 0. The van der Waals surface area contributed by atoms with E-state index in [0.29, 0.717) is 6.17 Å². The van der Waals surface area contributed by atoms with Crippen LogP contribution >= 0.6 is 0 Å². The maximum absolute atomic E-state index is 2.74. The normalized spacial score (nSPS) is 20.5. The molecule has 0 amide bonds. The molecule has 3 heteroatoms. The molecule has 24 heavy (non-hydrogen) atoms. The zero-order valence-corrected chi connectivity index (χ0v) is 15.7. The lowest BCUT2D eigenvalue weighted by Gasteiger charge is -2.43. The molecule has 0 N–H and O–H groups in total. The third-order valence-corrected chi connectivity index (χ3v) is 5.79. The zero-order valence-electron chi connectivity index (χ0n) is 15.7. The van der Waals surface area contributed by atoms with Crippen LogP contribution in [0.3, 0.4) is 0 Å². The zero-order chi connectivity index (χ0) is 16.8. The maximum atomic E-state index is 2.74. The van der Waals surface area contributed by atoms with Crippen LogP contribution in [0, 0.1) is 0 Å². The van der Waals surface area contributed by atoms with Crippen LogP contribution < -0.4 is 4.90 Å². The second kappa shape index (κ2) is 8.87. The number of hydrogen-bond acceptors (Lipinski definition) is 3. The SMILES string of the molecule is CCN(CC)c1ccc(C(N2CCCCC2)N2CCCCC2)cc1. The third-order valence-electron chi connectivity index (χ3n) is 5.79. The molecule has 0 bridgehead atoms. The summed E-state index contributed by atoms with van der Waals surface area (Å²) in [6, 6.07) is 9.45. The molecule has 0 radical (unpaired) electrons. The Kier molecular flexibility index (Phi) is 6.56. The van der Waals surface area contributed by atoms with Gasteiger partial charge in [-0.15, -0.1) is 0 Å². The molecule has 3 rings (SSSR count). The van der Waals surface area contributed by atoms with E-state index in [0.717, 1.165) is 13.1 Å². The number of likely N-dealkylation sites (tertiary alicyclic amines) is 2. The number of piperidine rings is 2. The molecule has 0 aliphatic carbocycles. The molecular weight excluding hydrogens is 294 g/mol. The molecule has 3 nitrogen and oxygen atoms in total. The van der Waals surface area contributed by atoms with Crippen molar-refractivity contribution in [1.29, 1.82) is 0 Å². The van der Waals surface area contributed by atoms with Gasteiger partial charge in [-0.2, -0.15) is 0 Å². The van der Waals surface area contributed by atoms with Crippen molar-refractivity contribution in [3.8, 4) is 0 Å². The molecule has 1 aromatic rings. The van der Waals surface area contributed by atoms with E-state index >= 15 is 0 Å². The van der Waals surface area contributed by atoms with Gasteiger partial charge < -0.3 is 4.90 Å². The molecule has 2 aliphatic heterocycles. The summed E-state index contributed by atoms with van der Waals surface area (Å²) >= 11 is 0. The van der Waals surface area contributed by atoms with Crippen molar-refractivity contribution < 1.29 is 0 Å². The van der Waals surface area contributed by atoms with Gasteiger partial charge in [0.15, 0.2) is 0 Å². The Balaban J connectivity index is 1.81. The quantitative estimate of drug-likeness (QED) is 0.760. The minimum atomic E-state index is 0.497. The largest absolute Gasteiger partial charge is 0.372 e. The minimum Gasteiger partial charge on any atom is -0.372 e. The fourth-order valence-electron chi connectivity index (χ4n) is 4.42. The van der Waals surface area contributed by atoms with Crippen molar-refractivity contribution in [3.63, 3.8) is 0 Å². The number of rotatable bonds is 6. The first-order valence-electron chi connectivity index (χ1n) is 10.2. The third kappa shape index (κ3) is 4.12. The van der Waals surface area contributed by atoms with E-state index in [9.17, 15) is 0 Å². The van der Waals surface area contributed by atoms with E-state index in [2.05, 4.69) is 52.8 Å². The first-order valence-corrected chi connectivity index (χ1v) is 10.2. The summed E-state index contributed by atoms with van der Waals surface area (Å²) in [4.78, 5) is 7.91. The van der Waals surface area contributed by atoms with Gasteiger partial charge in [0.2, 0.25) is 0 Å². The number of nitrogens with zero attached hydrogens (tertiary/aromatic N) is 3. The Morgan fingerprint density at radius 1 is 0.750 bits per heavy atom. The van der Waals surface area contributed by atoms with Crippen molar-refractivity contribution >= 4 is 5.69 Å². The van der Waals surface area contributed by atoms with E-state index in [4.69, 9.17) is 0 Å². The Labute approximate surface area is 148 Å². The second-order valence-electron chi connectivity index (χ2n) is 7.33. The summed E-state index contributed by atoms with van der Waals surface area (Å²) in [6.45, 7) is 11.7. The first-order chi connectivity index (χ1) is 11.8. The highest BCUT2D eigenvalue weighted by atomic mass is 15.4. The van der Waals surface area contributed by atoms with Crippen LogP contribution in [0.25, 0.3) is 0 Å². The van der Waals surface area contributed by atoms with Gasteiger partial charge in [-0.3, -0.25) is 9.80 Å². The molecule has 1 aromatic carbocycles. The van der Waals surface area contributed by atoms with E-state index < -0.39 is 0 Å². The molecule has 0 saturated carbocycles. The summed E-state index contributed by atoms with van der Waals surface area (Å²) in [5.41, 5.74) is 2.86. The standard InChI is InChI=1S/C21H35N3/c1-3-22(4-2)20-13-11-19(12-14-20)21(23-15-7-5-8-16-23)24-17-9-6-10-18-24/h11-14,21H,3-10,15-18H2,1-2H3. The Hall–Kier alpha value is -1.06. The number of benzene rings is 1. The number of anilines is 1. The molecule has 2 saturated heterocycles. The summed E-state index contributed by atoms with van der Waals surface area (Å²) in [6.07, 6.45) is 8.76. The van der Waals surface area contributed by atoms with Crippen molar-refractivity contribution in [2.75, 3.05) is 44.2 Å². The van der Waals surface area contributed by atoms with Crippen LogP contribution in [0.5, 0.6) is 0 Å². The Morgan fingerprint density at radius 2 is 1.21 bits per heavy atom. The van der Waals surface area contributed by atoms with Crippen LogP contribution in [-0.4, -0.2) is 49.1 Å². The summed E-state index contributed by atoms with van der Waals surface area (Å²) in [5.74, 6) is 0. The fourth-order valence-corrected chi connectivity index (χ4v) is 4.42. The van der Waals surface area contributed by atoms with Gasteiger partial charge in [0, 0.05) is 18.8 Å². The lowest BCUT2D eigenvalue weighted by Crippen LogP contribution is -2.45. The molecule has 134 valence electrons. The highest BCUT2D eigenvalue weighted by Crippen LogP contribution is 2.31. The maximum Gasteiger partial charge on any atom is 0.0886 e. The van der Waals surface area contributed by atoms with Crippen LogP contribution in [-0.2, 0) is 0 Å². The molecular formula is C21H35N3. The van der Waals surface area contributed by atoms with Crippen molar-refractivity contribution in [1.82, 2.24) is 9.80 Å². The minimum absolute atomic E-state index is 0.497. The van der Waals surface area contributed by atoms with Crippen molar-refractivity contribution in [2.45, 2.75) is 58.5 Å². The highest BCUT2D eigenvalue weighted by Gasteiger charge is 2.28. The molecule has 0 unspecified atom stereocenters. The fraction of sp³-hybridized carbons (Fsp3) is 0.714. The van der Waals surface area contributed by atoms with Gasteiger partial charge >= 0.3 is 0 Å². The average molecular weight is 330 g/mol. The summed E-state index contributed by atoms with van der Waals surface area (Å²) in [5, 5.41) is 0. The second-order valence-corrected chi connectivity index (χ2v) is 7.33. The lowest BCUT2D eigenvalue weighted by molar-refractivity contribution is 0.0156. The van der Waals surface area contributed by atoms with Gasteiger partial charge in [-0.05, 0) is 83.4 Å². The first kappa shape index (κ1) is 17.8. The lowest BCUT2D eigenvalue weighted by atomic mass is 10.0. The van der Waals surface area contributed by atoms with Gasteiger partial charge in [-0.1, -0.05) is 25.0 Å². The van der Waals surface area contributed by atoms with E-state index in [-0.39, 0.29) is 0 Å². The molecule has 0 spiro atoms. The van der Waals surface area contributed by atoms with Crippen LogP contribution in [0.15, 0.2) is 24.3 Å². The summed E-state index contributed by atoms with van der Waals surface area (Å²) in [7, 11) is 0. The Morgan fingerprint density at radius 3 is 1.62 bits per heavy atom. The Bertz CT molecular complexity index is 450. The molecule has 2 fully saturated rings. The molecule has 2 heterocycles. The van der Waals surface area contributed by atoms with Gasteiger partial charge in [0.05, 0.1) is 6.17 Å². The highest BCUT2D eigenvalue weighted by molar-refractivity contribution is 5.47. The topological polar surface area (TPSA) is 9.72 Å². The van der Waals surface area contributed by atoms with E-state index in [1.165, 1.54) is 76.0 Å². The van der Waals surface area contributed by atoms with E-state index in [1.54, 1.807) is 0 Å². The molecule has 0 atom stereocenters. The molecule has 0 aromatic heterocycles. The van der Waals surface area contributed by atoms with E-state index in [1.807, 2.05) is 0 Å². The predicted molar refractivity (Wildman–Crippen MR) is 104 cm³/mol. The smallest absolute Gasteiger partial charge is 0.0886 e. The number of hydrogen-bond donors (Lipinski definition) is 0. The van der Waals surface area contributed by atoms with Crippen LogP contribution in [0.4, 0.5) is 5.69 Å². The monoisotopic (exact) mass is 329 g/mol. The van der Waals surface area contributed by atoms with Crippen LogP contribution in [0.1, 0.15) is 64.1 Å². The van der Waals surface area contributed by atoms with Gasteiger partial charge in [0.25, 0.3) is 0 Å². The van der Waals surface area contributed by atoms with Gasteiger partial charge in [-0.25, -0.2) is 0 Å². The molecule has 2 aliphatic rings. The van der Waals surface area contributed by atoms with Gasteiger partial charge in [0.1, 0.15) is 0 Å². The van der Waals surface area contributed by atoms with Crippen molar-refractivity contribution in [3.05, 3.63) is 29.8 Å². The average Bonchev–Trinajstić information content (AvgIpc) is 2.66. The predicted octanol–water partition coefficient (Wildman–Crippen LogP) is 4.50. The van der Waals surface area contributed by atoms with Crippen molar-refractivity contribution in [2.24, 2.45) is 0 Å².